The van der Waals surface area contributed by atoms with Gasteiger partial charge >= 0.3 is 5.97 Å². The summed E-state index contributed by atoms with van der Waals surface area (Å²) in [6, 6.07) is 8.86. The summed E-state index contributed by atoms with van der Waals surface area (Å²) in [5.74, 6) is -0.340. The molecule has 0 radical (unpaired) electrons. The Kier molecular flexibility index (Phi) is 4.27. The molecule has 0 aromatic heterocycles. The van der Waals surface area contributed by atoms with Gasteiger partial charge in [0.1, 0.15) is 6.61 Å². The van der Waals surface area contributed by atoms with Gasteiger partial charge in [0.25, 0.3) is 0 Å². The Morgan fingerprint density at radius 1 is 1.40 bits per heavy atom. The highest BCUT2D eigenvalue weighted by atomic mass is 16.5. The highest BCUT2D eigenvalue weighted by Gasteiger charge is 2.10. The highest BCUT2D eigenvalue weighted by Crippen LogP contribution is 2.01. The lowest BCUT2D eigenvalue weighted by Gasteiger charge is -2.19. The summed E-state index contributed by atoms with van der Waals surface area (Å²) >= 11 is 0. The van der Waals surface area contributed by atoms with Crippen LogP contribution in [0.5, 0.6) is 0 Å². The van der Waals surface area contributed by atoms with Gasteiger partial charge in [0.05, 0.1) is 11.7 Å². The molecule has 1 unspecified atom stereocenters. The molecule has 0 bridgehead atoms. The van der Waals surface area contributed by atoms with Crippen molar-refractivity contribution in [2.45, 2.75) is 6.17 Å². The quantitative estimate of drug-likeness (QED) is 0.584. The molecule has 0 saturated heterocycles. The second-order valence-electron chi connectivity index (χ2n) is 3.50. The van der Waals surface area contributed by atoms with E-state index in [1.165, 1.54) is 0 Å². The first-order valence-electron chi connectivity index (χ1n) is 4.75. The van der Waals surface area contributed by atoms with Crippen LogP contribution in [0, 0.1) is 0 Å². The molecule has 0 saturated carbocycles. The predicted molar refractivity (Wildman–Crippen MR) is 58.4 cm³/mol. The van der Waals surface area contributed by atoms with Gasteiger partial charge in [-0.2, -0.15) is 0 Å². The maximum atomic E-state index is 11.5. The summed E-state index contributed by atoms with van der Waals surface area (Å²) in [6.07, 6.45) is -0.266. The number of benzene rings is 1. The fourth-order valence-electron chi connectivity index (χ4n) is 0.968. The van der Waals surface area contributed by atoms with E-state index in [2.05, 4.69) is 0 Å². The highest BCUT2D eigenvalue weighted by molar-refractivity contribution is 5.89. The van der Waals surface area contributed by atoms with E-state index in [-0.39, 0.29) is 18.7 Å². The van der Waals surface area contributed by atoms with Crippen molar-refractivity contribution in [2.24, 2.45) is 5.73 Å². The van der Waals surface area contributed by atoms with E-state index < -0.39 is 0 Å². The summed E-state index contributed by atoms with van der Waals surface area (Å²) < 4.78 is 5.05. The average molecular weight is 208 g/mol. The van der Waals surface area contributed by atoms with Crippen molar-refractivity contribution in [3.05, 3.63) is 35.9 Å². The van der Waals surface area contributed by atoms with Crippen LogP contribution in [0.1, 0.15) is 10.4 Å². The Bertz CT molecular complexity index is 312. The Morgan fingerprint density at radius 3 is 2.53 bits per heavy atom. The minimum Gasteiger partial charge on any atom is -0.459 e. The number of carbonyl (C=O) groups excluding carboxylic acids is 1. The van der Waals surface area contributed by atoms with Gasteiger partial charge in [-0.1, -0.05) is 18.2 Å². The Labute approximate surface area is 89.6 Å². The van der Waals surface area contributed by atoms with Crippen LogP contribution in [-0.4, -0.2) is 37.7 Å². The molecule has 2 N–H and O–H groups in total. The number of carbonyl (C=O) groups is 1. The van der Waals surface area contributed by atoms with Crippen molar-refractivity contribution in [3.8, 4) is 0 Å². The van der Waals surface area contributed by atoms with Crippen LogP contribution in [-0.2, 0) is 4.74 Å². The molecule has 1 atom stereocenters. The SMILES string of the molecule is CN(C)C(N)COC(=O)c1ccccc1. The summed E-state index contributed by atoms with van der Waals surface area (Å²) in [5, 5.41) is 0. The molecule has 1 aromatic carbocycles. The second kappa shape index (κ2) is 5.48. The fourth-order valence-corrected chi connectivity index (χ4v) is 0.968. The largest absolute Gasteiger partial charge is 0.459 e. The van der Waals surface area contributed by atoms with Crippen LogP contribution in [0.15, 0.2) is 30.3 Å². The molecule has 4 heteroatoms. The number of hydrogen-bond acceptors (Lipinski definition) is 4. The number of ether oxygens (including phenoxy) is 1. The lowest BCUT2D eigenvalue weighted by atomic mass is 10.2. The maximum absolute atomic E-state index is 11.5. The predicted octanol–water partition coefficient (Wildman–Crippen LogP) is 0.690. The first kappa shape index (κ1) is 11.7. The molecule has 0 heterocycles. The van der Waals surface area contributed by atoms with Gasteiger partial charge in [0, 0.05) is 0 Å². The minimum atomic E-state index is -0.340. The third-order valence-electron chi connectivity index (χ3n) is 2.06. The van der Waals surface area contributed by atoms with Crippen LogP contribution in [0.3, 0.4) is 0 Å². The number of esters is 1. The normalized spacial score (nSPS) is 12.5. The van der Waals surface area contributed by atoms with Crippen molar-refractivity contribution >= 4 is 5.97 Å². The molecule has 0 fully saturated rings. The van der Waals surface area contributed by atoms with Gasteiger partial charge in [0.2, 0.25) is 0 Å². The van der Waals surface area contributed by atoms with Gasteiger partial charge in [-0.05, 0) is 26.2 Å². The third kappa shape index (κ3) is 3.69. The average Bonchev–Trinajstić information content (AvgIpc) is 2.26. The zero-order valence-corrected chi connectivity index (χ0v) is 9.01. The smallest absolute Gasteiger partial charge is 0.338 e. The number of nitrogens with zero attached hydrogens (tertiary/aromatic N) is 1. The monoisotopic (exact) mass is 208 g/mol. The zero-order chi connectivity index (χ0) is 11.3. The van der Waals surface area contributed by atoms with Gasteiger partial charge in [-0.25, -0.2) is 4.79 Å². The maximum Gasteiger partial charge on any atom is 0.338 e. The standard InChI is InChI=1S/C11H16N2O2/c1-13(2)10(12)8-15-11(14)9-6-4-3-5-7-9/h3-7,10H,8,12H2,1-2H3. The lowest BCUT2D eigenvalue weighted by molar-refractivity contribution is 0.0406. The number of hydrogen-bond donors (Lipinski definition) is 1. The fraction of sp³-hybridized carbons (Fsp3) is 0.364. The number of nitrogens with two attached hydrogens (primary N) is 1. The Balaban J connectivity index is 2.44. The van der Waals surface area contributed by atoms with Gasteiger partial charge in [-0.3, -0.25) is 4.90 Å². The molecule has 4 nitrogen and oxygen atoms in total. The van der Waals surface area contributed by atoms with E-state index >= 15 is 0 Å². The Morgan fingerprint density at radius 2 is 2.00 bits per heavy atom. The number of likely N-dealkylation sites (N-methyl/N-ethyl adjacent to an activating group) is 1. The topological polar surface area (TPSA) is 55.6 Å². The molecule has 1 rings (SSSR count). The summed E-state index contributed by atoms with van der Waals surface area (Å²) in [7, 11) is 3.67. The van der Waals surface area contributed by atoms with Crippen LogP contribution < -0.4 is 5.73 Å². The van der Waals surface area contributed by atoms with E-state index in [9.17, 15) is 4.79 Å². The number of rotatable bonds is 4. The molecule has 1 aromatic rings. The molecule has 82 valence electrons. The molecule has 0 amide bonds. The van der Waals surface area contributed by atoms with Crippen LogP contribution in [0.25, 0.3) is 0 Å². The van der Waals surface area contributed by atoms with E-state index in [0.717, 1.165) is 0 Å². The Hall–Kier alpha value is -1.39. The van der Waals surface area contributed by atoms with Gasteiger partial charge in [0.15, 0.2) is 0 Å². The van der Waals surface area contributed by atoms with Crippen LogP contribution in [0.2, 0.25) is 0 Å². The first-order valence-corrected chi connectivity index (χ1v) is 4.75. The first-order chi connectivity index (χ1) is 7.11. The third-order valence-corrected chi connectivity index (χ3v) is 2.06. The lowest BCUT2D eigenvalue weighted by Crippen LogP contribution is -2.40. The van der Waals surface area contributed by atoms with Crippen molar-refractivity contribution in [1.29, 1.82) is 0 Å². The van der Waals surface area contributed by atoms with Crippen molar-refractivity contribution in [3.63, 3.8) is 0 Å². The van der Waals surface area contributed by atoms with Crippen molar-refractivity contribution in [2.75, 3.05) is 20.7 Å². The summed E-state index contributed by atoms with van der Waals surface area (Å²) in [4.78, 5) is 13.3. The molecule has 0 spiro atoms. The molecular weight excluding hydrogens is 192 g/mol. The van der Waals surface area contributed by atoms with Crippen molar-refractivity contribution in [1.82, 2.24) is 4.90 Å². The minimum absolute atomic E-state index is 0.195. The van der Waals surface area contributed by atoms with E-state index in [1.54, 1.807) is 29.2 Å². The van der Waals surface area contributed by atoms with Crippen molar-refractivity contribution < 1.29 is 9.53 Å². The second-order valence-corrected chi connectivity index (χ2v) is 3.50. The van der Waals surface area contributed by atoms with Gasteiger partial charge in [-0.15, -0.1) is 0 Å². The van der Waals surface area contributed by atoms with E-state index in [0.29, 0.717) is 5.56 Å². The van der Waals surface area contributed by atoms with E-state index in [4.69, 9.17) is 10.5 Å². The molecular formula is C11H16N2O2. The molecule has 0 aliphatic carbocycles. The molecule has 15 heavy (non-hydrogen) atoms. The van der Waals surface area contributed by atoms with E-state index in [1.807, 2.05) is 20.2 Å². The molecule has 0 aliphatic heterocycles. The zero-order valence-electron chi connectivity index (χ0n) is 9.01. The summed E-state index contributed by atoms with van der Waals surface area (Å²) in [6.45, 7) is 0.195. The van der Waals surface area contributed by atoms with Crippen LogP contribution >= 0.6 is 0 Å². The molecule has 0 aliphatic rings. The van der Waals surface area contributed by atoms with Crippen LogP contribution in [0.4, 0.5) is 0 Å². The van der Waals surface area contributed by atoms with Gasteiger partial charge < -0.3 is 10.5 Å². The summed E-state index contributed by atoms with van der Waals surface area (Å²) in [5.41, 5.74) is 6.24.